The molecule has 3 unspecified atom stereocenters. The molecule has 0 saturated heterocycles. The number of aliphatic hydroxyl groups is 2. The van der Waals surface area contributed by atoms with Crippen LogP contribution in [-0.4, -0.2) is 21.2 Å². The van der Waals surface area contributed by atoms with Crippen molar-refractivity contribution in [1.29, 1.82) is 0 Å². The lowest BCUT2D eigenvalue weighted by molar-refractivity contribution is 0.201. The van der Waals surface area contributed by atoms with Crippen LogP contribution in [0.3, 0.4) is 0 Å². The Bertz CT molecular complexity index is 768. The summed E-state index contributed by atoms with van der Waals surface area (Å²) >= 11 is 5.79. The van der Waals surface area contributed by atoms with Gasteiger partial charge in [0.25, 0.3) is 0 Å². The topological polar surface area (TPSA) is 79.4 Å². The average molecular weight is 379 g/mol. The molecule has 0 saturated carbocycles. The van der Waals surface area contributed by atoms with E-state index in [4.69, 9.17) is 17.3 Å². The van der Waals surface area contributed by atoms with Crippen molar-refractivity contribution < 1.29 is 14.6 Å². The van der Waals surface area contributed by atoms with Crippen molar-refractivity contribution in [3.8, 4) is 0 Å². The highest BCUT2D eigenvalue weighted by molar-refractivity contribution is 6.30. The van der Waals surface area contributed by atoms with Crippen molar-refractivity contribution in [3.05, 3.63) is 70.3 Å². The Kier molecular flexibility index (Phi) is 7.14. The molecule has 0 spiro atoms. The molecule has 0 fully saturated rings. The minimum absolute atomic E-state index is 0.0491. The molecule has 26 heavy (non-hydrogen) atoms. The van der Waals surface area contributed by atoms with E-state index in [1.54, 1.807) is 18.3 Å². The Balaban J connectivity index is 2.54. The fraction of sp³-hybridized carbons (Fsp3) is 0.350. The van der Waals surface area contributed by atoms with Crippen LogP contribution in [-0.2, 0) is 0 Å². The van der Waals surface area contributed by atoms with Crippen LogP contribution in [0.2, 0.25) is 5.02 Å². The van der Waals surface area contributed by atoms with Gasteiger partial charge >= 0.3 is 0 Å². The second kappa shape index (κ2) is 9.12. The van der Waals surface area contributed by atoms with Crippen LogP contribution in [0.5, 0.6) is 0 Å². The van der Waals surface area contributed by atoms with Gasteiger partial charge in [0.15, 0.2) is 0 Å². The predicted octanol–water partition coefficient (Wildman–Crippen LogP) is 4.64. The molecule has 0 bridgehead atoms. The van der Waals surface area contributed by atoms with Crippen LogP contribution in [0.4, 0.5) is 4.39 Å². The number of halogens is 2. The van der Waals surface area contributed by atoms with Crippen LogP contribution >= 0.6 is 11.6 Å². The molecule has 0 aliphatic carbocycles. The standard InChI is InChI=1S/C20H24ClFN2O2/c1-3-12(2)9-17(23)18(19(25)13-5-4-8-24-11-13)20(26)15-7-6-14(21)10-16(15)22/h4-8,10-12,17,19,25-26H,3,9,23H2,1-2H3/b20-18+. The van der Waals surface area contributed by atoms with Crippen LogP contribution < -0.4 is 5.73 Å². The highest BCUT2D eigenvalue weighted by atomic mass is 35.5. The molecular formula is C20H24ClFN2O2. The van der Waals surface area contributed by atoms with E-state index >= 15 is 0 Å². The van der Waals surface area contributed by atoms with E-state index in [9.17, 15) is 14.6 Å². The predicted molar refractivity (Wildman–Crippen MR) is 102 cm³/mol. The first-order chi connectivity index (χ1) is 12.3. The zero-order valence-corrected chi connectivity index (χ0v) is 15.6. The van der Waals surface area contributed by atoms with Crippen molar-refractivity contribution in [2.45, 2.75) is 38.8 Å². The third-order valence-electron chi connectivity index (χ3n) is 4.51. The summed E-state index contributed by atoms with van der Waals surface area (Å²) in [6.07, 6.45) is 3.32. The first-order valence-corrected chi connectivity index (χ1v) is 8.94. The van der Waals surface area contributed by atoms with Gasteiger partial charge in [0.05, 0.1) is 5.56 Å². The van der Waals surface area contributed by atoms with E-state index in [0.29, 0.717) is 12.0 Å². The fourth-order valence-corrected chi connectivity index (χ4v) is 2.95. The van der Waals surface area contributed by atoms with E-state index in [2.05, 4.69) is 4.98 Å². The lowest BCUT2D eigenvalue weighted by atomic mass is 9.87. The Morgan fingerprint density at radius 2 is 2.08 bits per heavy atom. The van der Waals surface area contributed by atoms with Gasteiger partial charge in [-0.2, -0.15) is 0 Å². The summed E-state index contributed by atoms with van der Waals surface area (Å²) in [4.78, 5) is 3.99. The highest BCUT2D eigenvalue weighted by Gasteiger charge is 2.27. The van der Waals surface area contributed by atoms with Gasteiger partial charge in [-0.25, -0.2) is 4.39 Å². The summed E-state index contributed by atoms with van der Waals surface area (Å²) in [7, 11) is 0. The Morgan fingerprint density at radius 3 is 2.65 bits per heavy atom. The van der Waals surface area contributed by atoms with Gasteiger partial charge in [-0.3, -0.25) is 4.98 Å². The van der Waals surface area contributed by atoms with Gasteiger partial charge in [0, 0.05) is 34.6 Å². The van der Waals surface area contributed by atoms with E-state index in [1.807, 2.05) is 13.8 Å². The molecule has 0 amide bonds. The molecule has 140 valence electrons. The summed E-state index contributed by atoms with van der Waals surface area (Å²) in [5.41, 5.74) is 6.90. The Morgan fingerprint density at radius 1 is 1.35 bits per heavy atom. The van der Waals surface area contributed by atoms with E-state index in [0.717, 1.165) is 12.5 Å². The summed E-state index contributed by atoms with van der Waals surface area (Å²) in [5, 5.41) is 21.8. The molecule has 1 aromatic carbocycles. The zero-order chi connectivity index (χ0) is 19.3. The lowest BCUT2D eigenvalue weighted by Gasteiger charge is -2.25. The minimum atomic E-state index is -1.20. The maximum Gasteiger partial charge on any atom is 0.135 e. The molecule has 2 rings (SSSR count). The van der Waals surface area contributed by atoms with Crippen LogP contribution in [0, 0.1) is 11.7 Å². The van der Waals surface area contributed by atoms with Crippen molar-refractivity contribution in [3.63, 3.8) is 0 Å². The van der Waals surface area contributed by atoms with E-state index < -0.39 is 18.0 Å². The molecule has 1 heterocycles. The summed E-state index contributed by atoms with van der Waals surface area (Å²) in [6, 6.07) is 6.68. The maximum absolute atomic E-state index is 14.3. The normalized spacial score (nSPS) is 15.9. The number of aliphatic hydroxyl groups excluding tert-OH is 2. The number of nitrogens with two attached hydrogens (primary N) is 1. The first-order valence-electron chi connectivity index (χ1n) is 8.57. The molecular weight excluding hydrogens is 355 g/mol. The molecule has 4 nitrogen and oxygen atoms in total. The van der Waals surface area contributed by atoms with Gasteiger partial charge in [-0.1, -0.05) is 37.9 Å². The SMILES string of the molecule is CCC(C)CC(N)/C(=C(\O)c1ccc(Cl)cc1F)C(O)c1cccnc1. The second-order valence-electron chi connectivity index (χ2n) is 6.47. The molecule has 6 heteroatoms. The van der Waals surface area contributed by atoms with Gasteiger partial charge in [-0.05, 0) is 36.6 Å². The van der Waals surface area contributed by atoms with Gasteiger partial charge in [0.2, 0.25) is 0 Å². The fourth-order valence-electron chi connectivity index (χ4n) is 2.79. The van der Waals surface area contributed by atoms with Gasteiger partial charge < -0.3 is 15.9 Å². The van der Waals surface area contributed by atoms with Crippen molar-refractivity contribution >= 4 is 17.4 Å². The number of hydrogen-bond acceptors (Lipinski definition) is 4. The molecule has 3 atom stereocenters. The number of rotatable bonds is 7. The molecule has 1 aromatic heterocycles. The largest absolute Gasteiger partial charge is 0.507 e. The van der Waals surface area contributed by atoms with Crippen molar-refractivity contribution in [2.24, 2.45) is 11.7 Å². The summed E-state index contributed by atoms with van der Waals surface area (Å²) in [6.45, 7) is 4.07. The maximum atomic E-state index is 14.3. The number of benzene rings is 1. The third-order valence-corrected chi connectivity index (χ3v) is 4.74. The molecule has 4 N–H and O–H groups in total. The zero-order valence-electron chi connectivity index (χ0n) is 14.9. The lowest BCUT2D eigenvalue weighted by Crippen LogP contribution is -2.29. The summed E-state index contributed by atoms with van der Waals surface area (Å²) in [5.74, 6) is -0.767. The third kappa shape index (κ3) is 4.81. The highest BCUT2D eigenvalue weighted by Crippen LogP contribution is 2.33. The number of hydrogen-bond donors (Lipinski definition) is 3. The van der Waals surface area contributed by atoms with Crippen molar-refractivity contribution in [1.82, 2.24) is 4.98 Å². The smallest absolute Gasteiger partial charge is 0.135 e. The molecule has 0 radical (unpaired) electrons. The number of aromatic nitrogens is 1. The molecule has 0 aliphatic heterocycles. The number of pyridine rings is 1. The monoisotopic (exact) mass is 378 g/mol. The van der Waals surface area contributed by atoms with Gasteiger partial charge in [-0.15, -0.1) is 0 Å². The molecule has 2 aromatic rings. The molecule has 0 aliphatic rings. The van der Waals surface area contributed by atoms with E-state index in [1.165, 1.54) is 18.3 Å². The Labute approximate surface area is 158 Å². The first kappa shape index (κ1) is 20.4. The van der Waals surface area contributed by atoms with Gasteiger partial charge in [0.1, 0.15) is 17.7 Å². The van der Waals surface area contributed by atoms with Crippen LogP contribution in [0.1, 0.15) is 43.9 Å². The quantitative estimate of drug-likeness (QED) is 0.613. The average Bonchev–Trinajstić information content (AvgIpc) is 2.62. The van der Waals surface area contributed by atoms with Crippen LogP contribution in [0.25, 0.3) is 5.76 Å². The summed E-state index contributed by atoms with van der Waals surface area (Å²) < 4.78 is 14.3. The van der Waals surface area contributed by atoms with Crippen LogP contribution in [0.15, 0.2) is 48.3 Å². The number of nitrogens with zero attached hydrogens (tertiary/aromatic N) is 1. The minimum Gasteiger partial charge on any atom is -0.507 e. The Hall–Kier alpha value is -1.95. The second-order valence-corrected chi connectivity index (χ2v) is 6.91. The van der Waals surface area contributed by atoms with Crippen molar-refractivity contribution in [2.75, 3.05) is 0 Å². The van der Waals surface area contributed by atoms with E-state index in [-0.39, 0.29) is 27.8 Å².